The highest BCUT2D eigenvalue weighted by atomic mass is 16.5. The topological polar surface area (TPSA) is 89.6 Å². The number of hydrogen-bond donors (Lipinski definition) is 1. The van der Waals surface area contributed by atoms with Gasteiger partial charge in [-0.2, -0.15) is 0 Å². The number of ether oxygens (including phenoxy) is 4. The molecular formula is C27H35N3O6. The van der Waals surface area contributed by atoms with Gasteiger partial charge in [0, 0.05) is 38.3 Å². The fourth-order valence-electron chi connectivity index (χ4n) is 4.77. The third-order valence-electron chi connectivity index (χ3n) is 6.70. The first-order valence-corrected chi connectivity index (χ1v) is 12.4. The van der Waals surface area contributed by atoms with Gasteiger partial charge >= 0.3 is 0 Å². The minimum absolute atomic E-state index is 0.0519. The van der Waals surface area contributed by atoms with Crippen molar-refractivity contribution < 1.29 is 28.5 Å². The summed E-state index contributed by atoms with van der Waals surface area (Å²) in [4.78, 5) is 29.8. The summed E-state index contributed by atoms with van der Waals surface area (Å²) in [5, 5.41) is 3.11. The molecule has 2 saturated heterocycles. The lowest BCUT2D eigenvalue weighted by Gasteiger charge is -2.35. The van der Waals surface area contributed by atoms with Gasteiger partial charge in [0.1, 0.15) is 5.75 Å². The highest BCUT2D eigenvalue weighted by Crippen LogP contribution is 2.32. The maximum absolute atomic E-state index is 13.2. The van der Waals surface area contributed by atoms with Gasteiger partial charge in [0.05, 0.1) is 46.0 Å². The van der Waals surface area contributed by atoms with Crippen LogP contribution in [0, 0.1) is 5.92 Å². The van der Waals surface area contributed by atoms with Crippen LogP contribution in [0.25, 0.3) is 0 Å². The number of benzene rings is 2. The maximum atomic E-state index is 13.2. The van der Waals surface area contributed by atoms with E-state index in [1.807, 2.05) is 49.4 Å². The van der Waals surface area contributed by atoms with Crippen molar-refractivity contribution in [3.8, 4) is 17.2 Å². The lowest BCUT2D eigenvalue weighted by molar-refractivity contribution is -0.126. The zero-order valence-electron chi connectivity index (χ0n) is 21.2. The summed E-state index contributed by atoms with van der Waals surface area (Å²) in [7, 11) is 3.22. The largest absolute Gasteiger partial charge is 0.494 e. The zero-order valence-corrected chi connectivity index (χ0v) is 21.2. The van der Waals surface area contributed by atoms with Crippen LogP contribution in [0.15, 0.2) is 42.5 Å². The highest BCUT2D eigenvalue weighted by Gasteiger charge is 2.35. The van der Waals surface area contributed by atoms with Crippen LogP contribution >= 0.6 is 0 Å². The smallest absolute Gasteiger partial charge is 0.227 e. The molecule has 2 heterocycles. The van der Waals surface area contributed by atoms with E-state index in [1.165, 1.54) is 0 Å². The highest BCUT2D eigenvalue weighted by molar-refractivity contribution is 6.00. The van der Waals surface area contributed by atoms with Crippen LogP contribution in [0.3, 0.4) is 0 Å². The SMILES string of the molecule is CCOc1ccc(N2CC(C(=O)NCC(c3ccc(OC)c(OC)c3)N3CCOCC3)CC2=O)cc1. The Hall–Kier alpha value is -3.30. The number of nitrogens with one attached hydrogen (secondary N) is 1. The molecule has 0 aromatic heterocycles. The maximum Gasteiger partial charge on any atom is 0.227 e. The Morgan fingerprint density at radius 2 is 1.81 bits per heavy atom. The quantitative estimate of drug-likeness (QED) is 0.540. The summed E-state index contributed by atoms with van der Waals surface area (Å²) < 4.78 is 21.9. The van der Waals surface area contributed by atoms with Crippen molar-refractivity contribution in [2.75, 3.05) is 65.1 Å². The fraction of sp³-hybridized carbons (Fsp3) is 0.481. The molecular weight excluding hydrogens is 462 g/mol. The van der Waals surface area contributed by atoms with Crippen LogP contribution in [0.5, 0.6) is 17.2 Å². The Morgan fingerprint density at radius 3 is 2.47 bits per heavy atom. The average molecular weight is 498 g/mol. The number of methoxy groups -OCH3 is 2. The van der Waals surface area contributed by atoms with Crippen LogP contribution < -0.4 is 24.4 Å². The molecule has 1 N–H and O–H groups in total. The van der Waals surface area contributed by atoms with Crippen molar-refractivity contribution in [1.29, 1.82) is 0 Å². The molecule has 0 radical (unpaired) electrons. The summed E-state index contributed by atoms with van der Waals surface area (Å²) in [6, 6.07) is 13.2. The molecule has 2 amide bonds. The van der Waals surface area contributed by atoms with Crippen molar-refractivity contribution >= 4 is 17.5 Å². The molecule has 36 heavy (non-hydrogen) atoms. The Labute approximate surface area is 212 Å². The summed E-state index contributed by atoms with van der Waals surface area (Å²) in [6.07, 6.45) is 0.192. The first-order chi connectivity index (χ1) is 17.5. The van der Waals surface area contributed by atoms with Crippen LogP contribution in [-0.4, -0.2) is 76.9 Å². The molecule has 2 aromatic carbocycles. The predicted molar refractivity (Wildman–Crippen MR) is 136 cm³/mol. The standard InChI is InChI=1S/C27H35N3O6/c1-4-36-22-8-6-21(7-9-22)30-18-20(16-26(30)31)27(32)28-17-23(29-11-13-35-14-12-29)19-5-10-24(33-2)25(15-19)34-3/h5-10,15,20,23H,4,11-14,16-18H2,1-3H3,(H,28,32). The molecule has 2 unspecified atom stereocenters. The number of carbonyl (C=O) groups excluding carboxylic acids is 2. The van der Waals surface area contributed by atoms with E-state index < -0.39 is 5.92 Å². The van der Waals surface area contributed by atoms with Gasteiger partial charge in [0.2, 0.25) is 11.8 Å². The minimum Gasteiger partial charge on any atom is -0.494 e. The Kier molecular flexibility index (Phi) is 8.66. The third kappa shape index (κ3) is 5.91. The number of amides is 2. The molecule has 2 fully saturated rings. The van der Waals surface area contributed by atoms with Crippen molar-refractivity contribution in [2.24, 2.45) is 5.92 Å². The molecule has 9 nitrogen and oxygen atoms in total. The molecule has 0 spiro atoms. The van der Waals surface area contributed by atoms with Crippen LogP contribution in [0.4, 0.5) is 5.69 Å². The van der Waals surface area contributed by atoms with Gasteiger partial charge < -0.3 is 29.2 Å². The van der Waals surface area contributed by atoms with Crippen molar-refractivity contribution in [3.05, 3.63) is 48.0 Å². The summed E-state index contributed by atoms with van der Waals surface area (Å²) in [5.41, 5.74) is 1.80. The molecule has 2 aliphatic rings. The van der Waals surface area contributed by atoms with Gasteiger partial charge in [-0.1, -0.05) is 6.07 Å². The van der Waals surface area contributed by atoms with Crippen LogP contribution in [0.2, 0.25) is 0 Å². The Bertz CT molecular complexity index is 1040. The second kappa shape index (κ2) is 12.1. The van der Waals surface area contributed by atoms with E-state index in [-0.39, 0.29) is 24.3 Å². The molecule has 9 heteroatoms. The normalized spacial score (nSPS) is 19.1. The zero-order chi connectivity index (χ0) is 25.5. The monoisotopic (exact) mass is 497 g/mol. The van der Waals surface area contributed by atoms with Crippen LogP contribution in [0.1, 0.15) is 24.9 Å². The third-order valence-corrected chi connectivity index (χ3v) is 6.70. The van der Waals surface area contributed by atoms with Gasteiger partial charge in [-0.3, -0.25) is 14.5 Å². The molecule has 4 rings (SSSR count). The first-order valence-electron chi connectivity index (χ1n) is 12.4. The predicted octanol–water partition coefficient (Wildman–Crippen LogP) is 2.65. The molecule has 194 valence electrons. The summed E-state index contributed by atoms with van der Waals surface area (Å²) >= 11 is 0. The van der Waals surface area contributed by atoms with E-state index in [0.29, 0.717) is 44.4 Å². The van der Waals surface area contributed by atoms with E-state index in [0.717, 1.165) is 30.1 Å². The van der Waals surface area contributed by atoms with E-state index in [2.05, 4.69) is 10.2 Å². The number of carbonyl (C=O) groups is 2. The van der Waals surface area contributed by atoms with E-state index in [9.17, 15) is 9.59 Å². The van der Waals surface area contributed by atoms with Gasteiger partial charge in [-0.25, -0.2) is 0 Å². The van der Waals surface area contributed by atoms with Gasteiger partial charge in [0.15, 0.2) is 11.5 Å². The van der Waals surface area contributed by atoms with Crippen LogP contribution in [-0.2, 0) is 14.3 Å². The molecule has 0 saturated carbocycles. The number of morpholine rings is 1. The minimum atomic E-state index is -0.403. The summed E-state index contributed by atoms with van der Waals surface area (Å²) in [6.45, 7) is 6.11. The fourth-order valence-corrected chi connectivity index (χ4v) is 4.77. The Balaban J connectivity index is 1.43. The number of anilines is 1. The molecule has 2 aliphatic heterocycles. The van der Waals surface area contributed by atoms with Crippen molar-refractivity contribution in [3.63, 3.8) is 0 Å². The number of nitrogens with zero attached hydrogens (tertiary/aromatic N) is 2. The molecule has 0 aliphatic carbocycles. The number of hydrogen-bond acceptors (Lipinski definition) is 7. The lowest BCUT2D eigenvalue weighted by atomic mass is 10.0. The van der Waals surface area contributed by atoms with Gasteiger partial charge in [0.25, 0.3) is 0 Å². The molecule has 2 aromatic rings. The van der Waals surface area contributed by atoms with E-state index in [4.69, 9.17) is 18.9 Å². The lowest BCUT2D eigenvalue weighted by Crippen LogP contribution is -2.45. The van der Waals surface area contributed by atoms with Gasteiger partial charge in [-0.15, -0.1) is 0 Å². The second-order valence-electron chi connectivity index (χ2n) is 8.86. The average Bonchev–Trinajstić information content (AvgIpc) is 3.31. The van der Waals surface area contributed by atoms with E-state index in [1.54, 1.807) is 19.1 Å². The van der Waals surface area contributed by atoms with Gasteiger partial charge in [-0.05, 0) is 48.9 Å². The summed E-state index contributed by atoms with van der Waals surface area (Å²) in [5.74, 6) is 1.49. The van der Waals surface area contributed by atoms with Crippen molar-refractivity contribution in [2.45, 2.75) is 19.4 Å². The molecule has 2 atom stereocenters. The number of rotatable bonds is 10. The molecule has 0 bridgehead atoms. The van der Waals surface area contributed by atoms with Crippen molar-refractivity contribution in [1.82, 2.24) is 10.2 Å². The van der Waals surface area contributed by atoms with E-state index >= 15 is 0 Å². The second-order valence-corrected chi connectivity index (χ2v) is 8.86. The first kappa shape index (κ1) is 25.8. The Morgan fingerprint density at radius 1 is 1.08 bits per heavy atom.